The number of ether oxygens (including phenoxy) is 1. The van der Waals surface area contributed by atoms with Crippen LogP contribution in [0, 0.1) is 6.92 Å². The lowest BCUT2D eigenvalue weighted by Crippen LogP contribution is -2.50. The van der Waals surface area contributed by atoms with E-state index in [1.165, 1.54) is 6.07 Å². The van der Waals surface area contributed by atoms with Crippen LogP contribution in [0.25, 0.3) is 0 Å². The molecule has 26 heavy (non-hydrogen) atoms. The highest BCUT2D eigenvalue weighted by molar-refractivity contribution is 5.78. The lowest BCUT2D eigenvalue weighted by atomic mass is 10.2. The lowest BCUT2D eigenvalue weighted by Gasteiger charge is -2.35. The molecule has 0 N–H and O–H groups in total. The molecule has 1 aliphatic heterocycles. The van der Waals surface area contributed by atoms with Crippen molar-refractivity contribution >= 4 is 11.7 Å². The van der Waals surface area contributed by atoms with Crippen LogP contribution in [0.2, 0.25) is 0 Å². The number of halogens is 3. The minimum atomic E-state index is -4.40. The maximum absolute atomic E-state index is 12.6. The first kappa shape index (κ1) is 18.0. The number of aromatic nitrogens is 2. The van der Waals surface area contributed by atoms with Gasteiger partial charge >= 0.3 is 6.18 Å². The topological polar surface area (TPSA) is 71.7 Å². The minimum absolute atomic E-state index is 0.148. The molecule has 0 aliphatic carbocycles. The zero-order valence-corrected chi connectivity index (χ0v) is 14.0. The Hall–Kier alpha value is -2.78. The van der Waals surface area contributed by atoms with Gasteiger partial charge in [-0.3, -0.25) is 4.79 Å². The Morgan fingerprint density at radius 2 is 2.00 bits per heavy atom. The predicted octanol–water partition coefficient (Wildman–Crippen LogP) is 2.12. The highest BCUT2D eigenvalue weighted by Gasteiger charge is 2.31. The van der Waals surface area contributed by atoms with Gasteiger partial charge in [-0.1, -0.05) is 0 Å². The normalized spacial score (nSPS) is 15.2. The molecular formula is C16H17F3N4O3. The molecule has 0 aromatic carbocycles. The van der Waals surface area contributed by atoms with Crippen LogP contribution in [0.1, 0.15) is 11.3 Å². The summed E-state index contributed by atoms with van der Waals surface area (Å²) < 4.78 is 47.9. The SMILES string of the molecule is Cc1cc(OCC(=O)N2CCN(c3ccc(C(F)(F)F)cn3)CC2)no1. The highest BCUT2D eigenvalue weighted by atomic mass is 19.4. The maximum atomic E-state index is 12.6. The standard InChI is InChI=1S/C16H17F3N4O3/c1-11-8-14(21-26-11)25-10-15(24)23-6-4-22(5-7-23)13-3-2-12(9-20-13)16(17,18)19/h2-3,8-9H,4-7,10H2,1H3. The zero-order chi connectivity index (χ0) is 18.7. The van der Waals surface area contributed by atoms with Crippen molar-refractivity contribution < 1.29 is 27.2 Å². The number of rotatable bonds is 4. The molecule has 2 aromatic rings. The van der Waals surface area contributed by atoms with Gasteiger partial charge in [-0.25, -0.2) is 4.98 Å². The van der Waals surface area contributed by atoms with Crippen LogP contribution in [0.4, 0.5) is 19.0 Å². The van der Waals surface area contributed by atoms with E-state index in [1.54, 1.807) is 17.9 Å². The third kappa shape index (κ3) is 4.24. The quantitative estimate of drug-likeness (QED) is 0.821. The summed E-state index contributed by atoms with van der Waals surface area (Å²) in [5.74, 6) is 1.11. The number of carbonyl (C=O) groups is 1. The van der Waals surface area contributed by atoms with E-state index in [4.69, 9.17) is 9.26 Å². The Labute approximate surface area is 147 Å². The molecule has 1 fully saturated rings. The Morgan fingerprint density at radius 3 is 2.54 bits per heavy atom. The van der Waals surface area contributed by atoms with Crippen molar-refractivity contribution in [1.82, 2.24) is 15.0 Å². The second kappa shape index (κ2) is 7.22. The van der Waals surface area contributed by atoms with Gasteiger partial charge in [-0.05, 0) is 24.2 Å². The molecule has 2 aromatic heterocycles. The fourth-order valence-corrected chi connectivity index (χ4v) is 2.56. The summed E-state index contributed by atoms with van der Waals surface area (Å²) >= 11 is 0. The molecule has 0 radical (unpaired) electrons. The number of amides is 1. The average Bonchev–Trinajstić information content (AvgIpc) is 3.04. The van der Waals surface area contributed by atoms with Gasteiger partial charge in [0.05, 0.1) is 5.56 Å². The monoisotopic (exact) mass is 370 g/mol. The van der Waals surface area contributed by atoms with E-state index in [2.05, 4.69) is 10.1 Å². The van der Waals surface area contributed by atoms with E-state index in [0.717, 1.165) is 12.3 Å². The van der Waals surface area contributed by atoms with E-state index < -0.39 is 11.7 Å². The molecule has 0 unspecified atom stereocenters. The highest BCUT2D eigenvalue weighted by Crippen LogP contribution is 2.29. The summed E-state index contributed by atoms with van der Waals surface area (Å²) in [6.45, 7) is 3.40. The molecule has 0 bridgehead atoms. The fraction of sp³-hybridized carbons (Fsp3) is 0.438. The summed E-state index contributed by atoms with van der Waals surface area (Å²) in [5.41, 5.74) is -0.782. The van der Waals surface area contributed by atoms with Gasteiger partial charge in [-0.15, -0.1) is 0 Å². The second-order valence-corrected chi connectivity index (χ2v) is 5.84. The molecule has 140 valence electrons. The average molecular weight is 370 g/mol. The number of hydrogen-bond acceptors (Lipinski definition) is 6. The Kier molecular flexibility index (Phi) is 5.01. The van der Waals surface area contributed by atoms with Gasteiger partial charge in [0.25, 0.3) is 11.8 Å². The van der Waals surface area contributed by atoms with Crippen molar-refractivity contribution in [2.75, 3.05) is 37.7 Å². The number of aryl methyl sites for hydroxylation is 1. The van der Waals surface area contributed by atoms with E-state index >= 15 is 0 Å². The molecule has 10 heteroatoms. The Bertz CT molecular complexity index is 753. The Balaban J connectivity index is 1.49. The van der Waals surface area contributed by atoms with Gasteiger partial charge in [0.2, 0.25) is 0 Å². The van der Waals surface area contributed by atoms with Gasteiger partial charge < -0.3 is 19.1 Å². The summed E-state index contributed by atoms with van der Waals surface area (Å²) in [6.07, 6.45) is -3.58. The van der Waals surface area contributed by atoms with Crippen molar-refractivity contribution in [1.29, 1.82) is 0 Å². The molecule has 1 amide bonds. The Morgan fingerprint density at radius 1 is 1.27 bits per heavy atom. The number of alkyl halides is 3. The third-order valence-corrected chi connectivity index (χ3v) is 3.98. The van der Waals surface area contributed by atoms with Crippen molar-refractivity contribution in [3.8, 4) is 5.88 Å². The van der Waals surface area contributed by atoms with Crippen LogP contribution in [-0.4, -0.2) is 53.7 Å². The predicted molar refractivity (Wildman–Crippen MR) is 84.8 cm³/mol. The van der Waals surface area contributed by atoms with Crippen molar-refractivity contribution in [2.24, 2.45) is 0 Å². The number of pyridine rings is 1. The molecule has 0 saturated carbocycles. The van der Waals surface area contributed by atoms with Gasteiger partial charge in [0.1, 0.15) is 11.6 Å². The maximum Gasteiger partial charge on any atom is 0.417 e. The van der Waals surface area contributed by atoms with E-state index in [-0.39, 0.29) is 18.4 Å². The van der Waals surface area contributed by atoms with E-state index in [0.29, 0.717) is 37.8 Å². The third-order valence-electron chi connectivity index (χ3n) is 3.98. The lowest BCUT2D eigenvalue weighted by molar-refractivity contribution is -0.138. The molecule has 1 saturated heterocycles. The van der Waals surface area contributed by atoms with Crippen molar-refractivity contribution in [3.63, 3.8) is 0 Å². The summed E-state index contributed by atoms with van der Waals surface area (Å²) in [5, 5.41) is 3.64. The minimum Gasteiger partial charge on any atom is -0.465 e. The van der Waals surface area contributed by atoms with Crippen LogP contribution >= 0.6 is 0 Å². The second-order valence-electron chi connectivity index (χ2n) is 5.84. The number of hydrogen-bond donors (Lipinski definition) is 0. The molecule has 0 spiro atoms. The van der Waals surface area contributed by atoms with Gasteiger partial charge in [0.15, 0.2) is 6.61 Å². The molecule has 3 rings (SSSR count). The first-order chi connectivity index (χ1) is 12.3. The zero-order valence-electron chi connectivity index (χ0n) is 14.0. The van der Waals surface area contributed by atoms with E-state index in [1.807, 2.05) is 4.90 Å². The van der Waals surface area contributed by atoms with Crippen LogP contribution in [-0.2, 0) is 11.0 Å². The largest absolute Gasteiger partial charge is 0.465 e. The molecule has 0 atom stereocenters. The molecular weight excluding hydrogens is 353 g/mol. The number of nitrogens with zero attached hydrogens (tertiary/aromatic N) is 4. The molecule has 3 heterocycles. The van der Waals surface area contributed by atoms with Crippen LogP contribution in [0.15, 0.2) is 28.9 Å². The first-order valence-corrected chi connectivity index (χ1v) is 7.95. The number of carbonyl (C=O) groups excluding carboxylic acids is 1. The number of anilines is 1. The van der Waals surface area contributed by atoms with Gasteiger partial charge in [0, 0.05) is 38.4 Å². The summed E-state index contributed by atoms with van der Waals surface area (Å²) in [7, 11) is 0. The summed E-state index contributed by atoms with van der Waals surface area (Å²) in [6, 6.07) is 3.94. The smallest absolute Gasteiger partial charge is 0.417 e. The molecule has 7 nitrogen and oxygen atoms in total. The van der Waals surface area contributed by atoms with Crippen molar-refractivity contribution in [2.45, 2.75) is 13.1 Å². The van der Waals surface area contributed by atoms with E-state index in [9.17, 15) is 18.0 Å². The van der Waals surface area contributed by atoms with Gasteiger partial charge in [-0.2, -0.15) is 13.2 Å². The fourth-order valence-electron chi connectivity index (χ4n) is 2.56. The van der Waals surface area contributed by atoms with Crippen LogP contribution in [0.5, 0.6) is 5.88 Å². The number of piperazine rings is 1. The van der Waals surface area contributed by atoms with Crippen LogP contribution in [0.3, 0.4) is 0 Å². The summed E-state index contributed by atoms with van der Waals surface area (Å²) in [4.78, 5) is 19.5. The van der Waals surface area contributed by atoms with Crippen LogP contribution < -0.4 is 9.64 Å². The molecule has 1 aliphatic rings. The first-order valence-electron chi connectivity index (χ1n) is 7.95. The van der Waals surface area contributed by atoms with Crippen molar-refractivity contribution in [3.05, 3.63) is 35.7 Å².